The zero-order valence-corrected chi connectivity index (χ0v) is 15.5. The van der Waals surface area contributed by atoms with Crippen LogP contribution in [0.2, 0.25) is 5.02 Å². The van der Waals surface area contributed by atoms with Gasteiger partial charge in [-0.05, 0) is 25.8 Å². The fourth-order valence-corrected chi connectivity index (χ4v) is 3.61. The van der Waals surface area contributed by atoms with Crippen molar-refractivity contribution in [3.63, 3.8) is 0 Å². The van der Waals surface area contributed by atoms with Crippen molar-refractivity contribution in [2.75, 3.05) is 13.2 Å². The van der Waals surface area contributed by atoms with Crippen LogP contribution in [0, 0.1) is 0 Å². The highest BCUT2D eigenvalue weighted by atomic mass is 35.5. The molecule has 0 saturated carbocycles. The zero-order chi connectivity index (χ0) is 17.6. The molecule has 0 amide bonds. The van der Waals surface area contributed by atoms with Crippen LogP contribution in [0.3, 0.4) is 0 Å². The molecule has 3 rings (SSSR count). The lowest BCUT2D eigenvalue weighted by molar-refractivity contribution is -0.159. The van der Waals surface area contributed by atoms with Gasteiger partial charge in [0.15, 0.2) is 6.10 Å². The first kappa shape index (κ1) is 18.3. The first-order chi connectivity index (χ1) is 12.1. The van der Waals surface area contributed by atoms with E-state index in [1.165, 1.54) is 11.3 Å². The van der Waals surface area contributed by atoms with Gasteiger partial charge in [0.1, 0.15) is 11.6 Å². The summed E-state index contributed by atoms with van der Waals surface area (Å²) in [5.41, 5.74) is 1.57. The summed E-state index contributed by atoms with van der Waals surface area (Å²) in [6.07, 6.45) is 1.49. The maximum Gasteiger partial charge on any atom is 0.335 e. The molecule has 1 saturated heterocycles. The van der Waals surface area contributed by atoms with E-state index < -0.39 is 12.1 Å². The predicted molar refractivity (Wildman–Crippen MR) is 96.7 cm³/mol. The second kappa shape index (κ2) is 8.76. The molecule has 25 heavy (non-hydrogen) atoms. The molecule has 0 aliphatic carbocycles. The Morgan fingerprint density at radius 1 is 1.48 bits per heavy atom. The minimum atomic E-state index is -0.620. The van der Waals surface area contributed by atoms with Crippen molar-refractivity contribution < 1.29 is 19.0 Å². The number of thiazole rings is 1. The summed E-state index contributed by atoms with van der Waals surface area (Å²) in [7, 11) is 0. The van der Waals surface area contributed by atoms with E-state index in [1.54, 1.807) is 6.92 Å². The predicted octanol–water partition coefficient (Wildman–Crippen LogP) is 4.09. The molecule has 5 nitrogen and oxygen atoms in total. The number of carbonyl (C=O) groups excluding carboxylic acids is 1. The number of benzene rings is 1. The van der Waals surface area contributed by atoms with E-state index >= 15 is 0 Å². The van der Waals surface area contributed by atoms with Gasteiger partial charge < -0.3 is 14.2 Å². The van der Waals surface area contributed by atoms with Crippen molar-refractivity contribution in [3.8, 4) is 10.6 Å². The van der Waals surface area contributed by atoms with Crippen molar-refractivity contribution in [2.24, 2.45) is 0 Å². The highest BCUT2D eigenvalue weighted by Crippen LogP contribution is 2.30. The van der Waals surface area contributed by atoms with E-state index in [-0.39, 0.29) is 12.7 Å². The molecule has 2 aromatic rings. The number of esters is 1. The molecular formula is C18H20ClNO4S. The number of nitrogens with zero attached hydrogens (tertiary/aromatic N) is 1. The Morgan fingerprint density at radius 2 is 2.32 bits per heavy atom. The fraction of sp³-hybridized carbons (Fsp3) is 0.444. The van der Waals surface area contributed by atoms with Crippen molar-refractivity contribution in [1.29, 1.82) is 0 Å². The van der Waals surface area contributed by atoms with Crippen molar-refractivity contribution in [3.05, 3.63) is 40.4 Å². The molecular weight excluding hydrogens is 362 g/mol. The van der Waals surface area contributed by atoms with E-state index in [0.29, 0.717) is 17.3 Å². The molecule has 134 valence electrons. The third-order valence-corrected chi connectivity index (χ3v) is 5.16. The summed E-state index contributed by atoms with van der Waals surface area (Å²) in [6, 6.07) is 7.53. The Balaban J connectivity index is 1.48. The minimum absolute atomic E-state index is 0.0898. The maximum absolute atomic E-state index is 12.0. The van der Waals surface area contributed by atoms with Crippen molar-refractivity contribution in [1.82, 2.24) is 4.98 Å². The highest BCUT2D eigenvalue weighted by molar-refractivity contribution is 7.13. The lowest BCUT2D eigenvalue weighted by atomic mass is 10.2. The normalized spacial score (nSPS) is 18.2. The quantitative estimate of drug-likeness (QED) is 0.676. The van der Waals surface area contributed by atoms with Crippen LogP contribution in [0.1, 0.15) is 25.5 Å². The standard InChI is InChI=1S/C18H20ClNO4S/c1-12(23-10-14-5-4-8-22-14)18(21)24-9-13-11-25-17(20-13)15-6-2-3-7-16(15)19/h2-3,6-7,11-12,14H,4-5,8-10H2,1H3. The summed E-state index contributed by atoms with van der Waals surface area (Å²) in [5.74, 6) is -0.398. The number of aromatic nitrogens is 1. The Morgan fingerprint density at radius 3 is 3.08 bits per heavy atom. The largest absolute Gasteiger partial charge is 0.457 e. The van der Waals surface area contributed by atoms with Crippen molar-refractivity contribution >= 4 is 28.9 Å². The van der Waals surface area contributed by atoms with Crippen LogP contribution >= 0.6 is 22.9 Å². The summed E-state index contributed by atoms with van der Waals surface area (Å²) >= 11 is 7.65. The topological polar surface area (TPSA) is 57.7 Å². The van der Waals surface area contributed by atoms with Gasteiger partial charge in [-0.2, -0.15) is 0 Å². The lowest BCUT2D eigenvalue weighted by Gasteiger charge is -2.15. The fourth-order valence-electron chi connectivity index (χ4n) is 2.49. The zero-order valence-electron chi connectivity index (χ0n) is 13.9. The Labute approximate surface area is 155 Å². The van der Waals surface area contributed by atoms with Gasteiger partial charge in [-0.1, -0.05) is 29.8 Å². The summed E-state index contributed by atoms with van der Waals surface area (Å²) in [5, 5.41) is 3.32. The average Bonchev–Trinajstić information content (AvgIpc) is 3.29. The number of halogens is 1. The van der Waals surface area contributed by atoms with Gasteiger partial charge in [-0.15, -0.1) is 11.3 Å². The molecule has 0 spiro atoms. The number of ether oxygens (including phenoxy) is 3. The van der Waals surface area contributed by atoms with Gasteiger partial charge >= 0.3 is 5.97 Å². The third kappa shape index (κ3) is 5.01. The number of rotatable bonds is 7. The molecule has 0 radical (unpaired) electrons. The molecule has 2 unspecified atom stereocenters. The first-order valence-electron chi connectivity index (χ1n) is 8.22. The second-order valence-corrected chi connectivity index (χ2v) is 7.11. The van der Waals surface area contributed by atoms with Crippen LogP contribution in [0.15, 0.2) is 29.6 Å². The van der Waals surface area contributed by atoms with Crippen LogP contribution in [-0.4, -0.2) is 36.4 Å². The maximum atomic E-state index is 12.0. The van der Waals surface area contributed by atoms with Crippen molar-refractivity contribution in [2.45, 2.75) is 38.6 Å². The van der Waals surface area contributed by atoms with Gasteiger partial charge in [0.2, 0.25) is 0 Å². The molecule has 7 heteroatoms. The molecule has 2 atom stereocenters. The van der Waals surface area contributed by atoms with Gasteiger partial charge in [0.25, 0.3) is 0 Å². The van der Waals surface area contributed by atoms with Crippen LogP contribution in [0.25, 0.3) is 10.6 Å². The molecule has 1 aromatic carbocycles. The molecule has 1 fully saturated rings. The minimum Gasteiger partial charge on any atom is -0.457 e. The Bertz CT molecular complexity index is 715. The number of hydrogen-bond donors (Lipinski definition) is 0. The SMILES string of the molecule is CC(OCC1CCCO1)C(=O)OCc1csc(-c2ccccc2Cl)n1. The number of hydrogen-bond acceptors (Lipinski definition) is 6. The first-order valence-corrected chi connectivity index (χ1v) is 9.48. The molecule has 2 heterocycles. The number of carbonyl (C=O) groups is 1. The third-order valence-electron chi connectivity index (χ3n) is 3.91. The van der Waals surface area contributed by atoms with Crippen LogP contribution in [0.4, 0.5) is 0 Å². The monoisotopic (exact) mass is 381 g/mol. The Kier molecular flexibility index (Phi) is 6.42. The Hall–Kier alpha value is -1.47. The van der Waals surface area contributed by atoms with Crippen LogP contribution in [0.5, 0.6) is 0 Å². The summed E-state index contributed by atoms with van der Waals surface area (Å²) in [4.78, 5) is 16.5. The van der Waals surface area contributed by atoms with E-state index in [1.807, 2.05) is 29.6 Å². The van der Waals surface area contributed by atoms with Gasteiger partial charge in [-0.3, -0.25) is 0 Å². The van der Waals surface area contributed by atoms with Crippen LogP contribution in [-0.2, 0) is 25.6 Å². The molecule has 1 aliphatic rings. The van der Waals surface area contributed by atoms with Crippen LogP contribution < -0.4 is 0 Å². The van der Waals surface area contributed by atoms with E-state index in [2.05, 4.69) is 4.98 Å². The summed E-state index contributed by atoms with van der Waals surface area (Å²) < 4.78 is 16.3. The average molecular weight is 382 g/mol. The van der Waals surface area contributed by atoms with Gasteiger partial charge in [-0.25, -0.2) is 9.78 Å². The van der Waals surface area contributed by atoms with E-state index in [9.17, 15) is 4.79 Å². The van der Waals surface area contributed by atoms with E-state index in [0.717, 1.165) is 30.0 Å². The van der Waals surface area contributed by atoms with E-state index in [4.69, 9.17) is 25.8 Å². The summed E-state index contributed by atoms with van der Waals surface area (Å²) in [6.45, 7) is 3.00. The molecule has 0 bridgehead atoms. The highest BCUT2D eigenvalue weighted by Gasteiger charge is 2.21. The lowest BCUT2D eigenvalue weighted by Crippen LogP contribution is -2.27. The smallest absolute Gasteiger partial charge is 0.335 e. The molecule has 1 aliphatic heterocycles. The molecule has 1 aromatic heterocycles. The second-order valence-electron chi connectivity index (χ2n) is 5.84. The van der Waals surface area contributed by atoms with Gasteiger partial charge in [0, 0.05) is 17.6 Å². The molecule has 0 N–H and O–H groups in total. The van der Waals surface area contributed by atoms with Gasteiger partial charge in [0.05, 0.1) is 23.4 Å².